The molecule has 4 aromatic rings. The van der Waals surface area contributed by atoms with E-state index in [1.54, 1.807) is 18.3 Å². The van der Waals surface area contributed by atoms with Gasteiger partial charge in [0.15, 0.2) is 5.82 Å². The topological polar surface area (TPSA) is 72.8 Å². The Bertz CT molecular complexity index is 1100. The quantitative estimate of drug-likeness (QED) is 0.307. The number of aliphatic imine (C=N–C) groups is 1. The van der Waals surface area contributed by atoms with Crippen molar-refractivity contribution in [3.63, 3.8) is 0 Å². The third kappa shape index (κ3) is 2.95. The van der Waals surface area contributed by atoms with Gasteiger partial charge in [-0.15, -0.1) is 0 Å². The van der Waals surface area contributed by atoms with Gasteiger partial charge < -0.3 is 0 Å². The lowest BCUT2D eigenvalue weighted by molar-refractivity contribution is -0.384. The lowest BCUT2D eigenvalue weighted by atomic mass is 10.1. The van der Waals surface area contributed by atoms with Gasteiger partial charge in [0.25, 0.3) is 5.69 Å². The van der Waals surface area contributed by atoms with Crippen molar-refractivity contribution in [1.29, 1.82) is 0 Å². The SMILES string of the molecule is O=[N+]([O-])c1ccc(/C=N/c2c(-c3ccccc3)nc3ccccn23)cc1. The first-order chi connectivity index (χ1) is 12.7. The molecule has 0 radical (unpaired) electrons. The van der Waals surface area contributed by atoms with Crippen LogP contribution in [0.1, 0.15) is 5.56 Å². The molecule has 0 atom stereocenters. The maximum atomic E-state index is 10.8. The van der Waals surface area contributed by atoms with Crippen molar-refractivity contribution in [2.24, 2.45) is 4.99 Å². The Labute approximate surface area is 149 Å². The van der Waals surface area contributed by atoms with E-state index in [9.17, 15) is 10.1 Å². The monoisotopic (exact) mass is 342 g/mol. The molecule has 126 valence electrons. The van der Waals surface area contributed by atoms with Crippen LogP contribution < -0.4 is 0 Å². The fraction of sp³-hybridized carbons (Fsp3) is 0. The average molecular weight is 342 g/mol. The number of fused-ring (bicyclic) bond motifs is 1. The molecule has 4 rings (SSSR count). The summed E-state index contributed by atoms with van der Waals surface area (Å²) in [5.41, 5.74) is 3.41. The highest BCUT2D eigenvalue weighted by molar-refractivity contribution is 5.85. The second kappa shape index (κ2) is 6.60. The summed E-state index contributed by atoms with van der Waals surface area (Å²) >= 11 is 0. The molecule has 0 aliphatic heterocycles. The molecular formula is C20H14N4O2. The molecule has 0 amide bonds. The number of aromatic nitrogens is 2. The number of pyridine rings is 1. The highest BCUT2D eigenvalue weighted by atomic mass is 16.6. The highest BCUT2D eigenvalue weighted by Gasteiger charge is 2.12. The minimum atomic E-state index is -0.418. The smallest absolute Gasteiger partial charge is 0.269 e. The van der Waals surface area contributed by atoms with Gasteiger partial charge in [0.1, 0.15) is 11.3 Å². The number of nitrogens with zero attached hydrogens (tertiary/aromatic N) is 4. The van der Waals surface area contributed by atoms with Crippen LogP contribution in [0.25, 0.3) is 16.9 Å². The maximum absolute atomic E-state index is 10.8. The van der Waals surface area contributed by atoms with Crippen LogP contribution in [0.3, 0.4) is 0 Å². The van der Waals surface area contributed by atoms with E-state index >= 15 is 0 Å². The minimum Gasteiger partial charge on any atom is -0.284 e. The van der Waals surface area contributed by atoms with Crippen LogP contribution in [0, 0.1) is 10.1 Å². The molecule has 0 aliphatic rings. The summed E-state index contributed by atoms with van der Waals surface area (Å²) in [5.74, 6) is 0.713. The molecule has 0 saturated heterocycles. The molecule has 0 unspecified atom stereocenters. The van der Waals surface area contributed by atoms with E-state index in [0.29, 0.717) is 5.82 Å². The molecular weight excluding hydrogens is 328 g/mol. The molecule has 0 N–H and O–H groups in total. The third-order valence-electron chi connectivity index (χ3n) is 3.99. The Hall–Kier alpha value is -3.80. The first-order valence-corrected chi connectivity index (χ1v) is 8.03. The third-order valence-corrected chi connectivity index (χ3v) is 3.99. The average Bonchev–Trinajstić information content (AvgIpc) is 3.06. The summed E-state index contributed by atoms with van der Waals surface area (Å²) in [6.45, 7) is 0. The lowest BCUT2D eigenvalue weighted by Gasteiger charge is -2.00. The second-order valence-electron chi connectivity index (χ2n) is 5.69. The number of imidazole rings is 1. The van der Waals surface area contributed by atoms with Crippen LogP contribution in [-0.4, -0.2) is 20.5 Å². The normalized spacial score (nSPS) is 11.2. The Morgan fingerprint density at radius 1 is 0.962 bits per heavy atom. The summed E-state index contributed by atoms with van der Waals surface area (Å²) in [4.78, 5) is 19.7. The molecule has 6 nitrogen and oxygen atoms in total. The molecule has 0 aliphatic carbocycles. The molecule has 0 bridgehead atoms. The number of non-ortho nitro benzene ring substituents is 1. The van der Waals surface area contributed by atoms with Gasteiger partial charge in [-0.2, -0.15) is 0 Å². The zero-order valence-electron chi connectivity index (χ0n) is 13.7. The van der Waals surface area contributed by atoms with Crippen LogP contribution in [0.4, 0.5) is 11.5 Å². The standard InChI is InChI=1S/C20H14N4O2/c25-24(26)17-11-9-15(10-12-17)14-21-20-19(16-6-2-1-3-7-16)22-18-8-4-5-13-23(18)20/h1-14H/b21-14+. The number of rotatable bonds is 4. The van der Waals surface area contributed by atoms with Gasteiger partial charge in [0, 0.05) is 30.1 Å². The van der Waals surface area contributed by atoms with Crippen molar-refractivity contribution in [3.8, 4) is 11.3 Å². The summed E-state index contributed by atoms with van der Waals surface area (Å²) in [5, 5.41) is 10.8. The molecule has 2 aromatic heterocycles. The van der Waals surface area contributed by atoms with Crippen molar-refractivity contribution in [1.82, 2.24) is 9.38 Å². The molecule has 2 aromatic carbocycles. The fourth-order valence-corrected chi connectivity index (χ4v) is 2.71. The first kappa shape index (κ1) is 15.7. The van der Waals surface area contributed by atoms with Crippen LogP contribution in [0.5, 0.6) is 0 Å². The van der Waals surface area contributed by atoms with Gasteiger partial charge in [-0.3, -0.25) is 14.5 Å². The number of hydrogen-bond donors (Lipinski definition) is 0. The van der Waals surface area contributed by atoms with Gasteiger partial charge in [-0.1, -0.05) is 36.4 Å². The zero-order valence-corrected chi connectivity index (χ0v) is 13.7. The largest absolute Gasteiger partial charge is 0.284 e. The molecule has 0 spiro atoms. The zero-order chi connectivity index (χ0) is 17.9. The maximum Gasteiger partial charge on any atom is 0.269 e. The lowest BCUT2D eigenvalue weighted by Crippen LogP contribution is -1.89. The van der Waals surface area contributed by atoms with Crippen molar-refractivity contribution in [3.05, 3.63) is 94.7 Å². The predicted molar refractivity (Wildman–Crippen MR) is 101 cm³/mol. The summed E-state index contributed by atoms with van der Waals surface area (Å²) < 4.78 is 1.92. The first-order valence-electron chi connectivity index (χ1n) is 8.03. The molecule has 2 heterocycles. The van der Waals surface area contributed by atoms with Crippen LogP contribution in [0.15, 0.2) is 84.0 Å². The summed E-state index contributed by atoms with van der Waals surface area (Å²) in [7, 11) is 0. The molecule has 0 fully saturated rings. The Morgan fingerprint density at radius 3 is 2.42 bits per heavy atom. The number of nitro groups is 1. The summed E-state index contributed by atoms with van der Waals surface area (Å²) in [6, 6.07) is 21.9. The van der Waals surface area contributed by atoms with Crippen molar-refractivity contribution < 1.29 is 4.92 Å². The molecule has 6 heteroatoms. The van der Waals surface area contributed by atoms with E-state index < -0.39 is 4.92 Å². The van der Waals surface area contributed by atoms with E-state index in [1.165, 1.54) is 12.1 Å². The molecule has 26 heavy (non-hydrogen) atoms. The highest BCUT2D eigenvalue weighted by Crippen LogP contribution is 2.30. The van der Waals surface area contributed by atoms with Gasteiger partial charge in [0.2, 0.25) is 0 Å². The second-order valence-corrected chi connectivity index (χ2v) is 5.69. The molecule has 0 saturated carbocycles. The Balaban J connectivity index is 1.79. The van der Waals surface area contributed by atoms with Crippen molar-refractivity contribution in [2.45, 2.75) is 0 Å². The van der Waals surface area contributed by atoms with Crippen molar-refractivity contribution in [2.75, 3.05) is 0 Å². The Kier molecular flexibility index (Phi) is 3.99. The van der Waals surface area contributed by atoms with E-state index in [0.717, 1.165) is 22.5 Å². The summed E-state index contributed by atoms with van der Waals surface area (Å²) in [6.07, 6.45) is 3.60. The van der Waals surface area contributed by atoms with Crippen molar-refractivity contribution >= 4 is 23.4 Å². The van der Waals surface area contributed by atoms with Gasteiger partial charge in [0.05, 0.1) is 4.92 Å². The van der Waals surface area contributed by atoms with E-state index in [2.05, 4.69) is 4.99 Å². The number of benzene rings is 2. The fourth-order valence-electron chi connectivity index (χ4n) is 2.71. The minimum absolute atomic E-state index is 0.0573. The van der Waals surface area contributed by atoms with E-state index in [4.69, 9.17) is 4.98 Å². The predicted octanol–water partition coefficient (Wildman–Crippen LogP) is 4.66. The van der Waals surface area contributed by atoms with Gasteiger partial charge in [-0.05, 0) is 29.8 Å². The number of hydrogen-bond acceptors (Lipinski definition) is 4. The van der Waals surface area contributed by atoms with Crippen LogP contribution in [-0.2, 0) is 0 Å². The number of nitro benzene ring substituents is 1. The Morgan fingerprint density at radius 2 is 1.69 bits per heavy atom. The van der Waals surface area contributed by atoms with Gasteiger partial charge >= 0.3 is 0 Å². The van der Waals surface area contributed by atoms with E-state index in [1.807, 2.05) is 59.1 Å². The van der Waals surface area contributed by atoms with Crippen LogP contribution >= 0.6 is 0 Å². The van der Waals surface area contributed by atoms with Gasteiger partial charge in [-0.25, -0.2) is 9.98 Å². The van der Waals surface area contributed by atoms with Crippen LogP contribution in [0.2, 0.25) is 0 Å². The van der Waals surface area contributed by atoms with E-state index in [-0.39, 0.29) is 5.69 Å².